The van der Waals surface area contributed by atoms with Crippen LogP contribution in [-0.2, 0) is 4.79 Å². The molecule has 2 nitrogen and oxygen atoms in total. The van der Waals surface area contributed by atoms with Gasteiger partial charge in [-0.25, -0.2) is 0 Å². The minimum atomic E-state index is 0.243. The molecule has 3 rings (SSSR count). The van der Waals surface area contributed by atoms with Crippen LogP contribution in [0.1, 0.15) is 25.7 Å². The molecule has 2 unspecified atom stereocenters. The van der Waals surface area contributed by atoms with E-state index in [-0.39, 0.29) is 12.1 Å². The predicted octanol–water partition coefficient (Wildman–Crippen LogP) is 4.35. The van der Waals surface area contributed by atoms with Crippen LogP contribution in [-0.4, -0.2) is 17.9 Å². The maximum Gasteiger partial charge on any atom is 0.137 e. The summed E-state index contributed by atoms with van der Waals surface area (Å²) in [6, 6.07) is 3.90. The van der Waals surface area contributed by atoms with E-state index in [0.29, 0.717) is 33.7 Å². The molecule has 1 aromatic rings. The highest BCUT2D eigenvalue weighted by atomic mass is 35.5. The van der Waals surface area contributed by atoms with Crippen molar-refractivity contribution in [2.75, 3.05) is 4.90 Å². The predicted molar refractivity (Wildman–Crippen MR) is 75.0 cm³/mol. The molecule has 2 bridgehead atoms. The molecular weight excluding hydrogens is 293 g/mol. The van der Waals surface area contributed by atoms with Crippen molar-refractivity contribution in [1.82, 2.24) is 0 Å². The average Bonchev–Trinajstić information content (AvgIpc) is 2.53. The van der Waals surface area contributed by atoms with E-state index >= 15 is 0 Å². The van der Waals surface area contributed by atoms with Crippen molar-refractivity contribution in [3.63, 3.8) is 0 Å². The molecular formula is C13H12Cl3NO. The maximum atomic E-state index is 11.6. The van der Waals surface area contributed by atoms with Gasteiger partial charge in [0.1, 0.15) is 5.78 Å². The van der Waals surface area contributed by atoms with E-state index in [1.807, 2.05) is 0 Å². The van der Waals surface area contributed by atoms with Crippen LogP contribution in [0.4, 0.5) is 5.69 Å². The summed E-state index contributed by atoms with van der Waals surface area (Å²) in [6.45, 7) is 0. The van der Waals surface area contributed by atoms with Crippen LogP contribution in [0.15, 0.2) is 12.1 Å². The zero-order valence-electron chi connectivity index (χ0n) is 9.63. The number of ketones is 1. The Hall–Kier alpha value is -0.440. The Balaban J connectivity index is 2.04. The van der Waals surface area contributed by atoms with Crippen LogP contribution in [0.2, 0.25) is 15.1 Å². The molecule has 1 aromatic carbocycles. The third-order valence-electron chi connectivity index (χ3n) is 3.79. The van der Waals surface area contributed by atoms with E-state index in [0.717, 1.165) is 18.5 Å². The summed E-state index contributed by atoms with van der Waals surface area (Å²) < 4.78 is 0. The molecule has 0 saturated carbocycles. The summed E-state index contributed by atoms with van der Waals surface area (Å²) in [6.07, 6.45) is 3.27. The normalized spacial score (nSPS) is 26.8. The Kier molecular flexibility index (Phi) is 3.21. The largest absolute Gasteiger partial charge is 0.362 e. The van der Waals surface area contributed by atoms with E-state index < -0.39 is 0 Å². The fourth-order valence-corrected chi connectivity index (χ4v) is 4.13. The van der Waals surface area contributed by atoms with Crippen molar-refractivity contribution < 1.29 is 4.79 Å². The number of fused-ring (bicyclic) bond motifs is 2. The van der Waals surface area contributed by atoms with Gasteiger partial charge in [0.25, 0.3) is 0 Å². The van der Waals surface area contributed by atoms with Gasteiger partial charge in [0, 0.05) is 29.9 Å². The Bertz CT molecular complexity index is 478. The second kappa shape index (κ2) is 4.59. The smallest absolute Gasteiger partial charge is 0.137 e. The van der Waals surface area contributed by atoms with Crippen molar-refractivity contribution in [1.29, 1.82) is 0 Å². The molecule has 2 saturated heterocycles. The summed E-state index contributed by atoms with van der Waals surface area (Å²) in [5.41, 5.74) is 0.836. The lowest BCUT2D eigenvalue weighted by Crippen LogP contribution is -2.43. The number of hydrogen-bond acceptors (Lipinski definition) is 2. The summed E-state index contributed by atoms with van der Waals surface area (Å²) >= 11 is 18.5. The number of Topliss-reactive ketones (excluding diaryl/α,β-unsaturated/α-hetero) is 1. The van der Waals surface area contributed by atoms with Gasteiger partial charge in [-0.2, -0.15) is 0 Å². The number of carbonyl (C=O) groups excluding carboxylic acids is 1. The first-order chi connectivity index (χ1) is 8.56. The van der Waals surface area contributed by atoms with Crippen molar-refractivity contribution in [2.45, 2.75) is 37.8 Å². The topological polar surface area (TPSA) is 20.3 Å². The minimum absolute atomic E-state index is 0.243. The summed E-state index contributed by atoms with van der Waals surface area (Å²) in [5.74, 6) is 0.347. The van der Waals surface area contributed by atoms with Gasteiger partial charge in [0.05, 0.1) is 15.7 Å². The highest BCUT2D eigenvalue weighted by Crippen LogP contribution is 2.45. The zero-order valence-corrected chi connectivity index (χ0v) is 11.9. The highest BCUT2D eigenvalue weighted by molar-refractivity contribution is 6.41. The van der Waals surface area contributed by atoms with Crippen LogP contribution in [0.5, 0.6) is 0 Å². The Morgan fingerprint density at radius 1 is 1.00 bits per heavy atom. The Morgan fingerprint density at radius 2 is 1.50 bits per heavy atom. The lowest BCUT2D eigenvalue weighted by atomic mass is 10.0. The van der Waals surface area contributed by atoms with Crippen LogP contribution < -0.4 is 4.90 Å². The third-order valence-corrected chi connectivity index (χ3v) is 4.58. The van der Waals surface area contributed by atoms with Gasteiger partial charge >= 0.3 is 0 Å². The fourth-order valence-electron chi connectivity index (χ4n) is 3.12. The van der Waals surface area contributed by atoms with E-state index in [1.165, 1.54) is 0 Å². The fraction of sp³-hybridized carbons (Fsp3) is 0.462. The van der Waals surface area contributed by atoms with Crippen molar-refractivity contribution in [3.05, 3.63) is 27.2 Å². The second-order valence-electron chi connectivity index (χ2n) is 4.96. The quantitative estimate of drug-likeness (QED) is 0.769. The molecule has 2 heterocycles. The molecule has 0 N–H and O–H groups in total. The Morgan fingerprint density at radius 3 is 2.00 bits per heavy atom. The van der Waals surface area contributed by atoms with Crippen molar-refractivity contribution >= 4 is 46.3 Å². The molecule has 2 atom stereocenters. The van der Waals surface area contributed by atoms with E-state index in [9.17, 15) is 4.79 Å². The number of rotatable bonds is 1. The monoisotopic (exact) mass is 303 g/mol. The van der Waals surface area contributed by atoms with E-state index in [2.05, 4.69) is 4.90 Å². The van der Waals surface area contributed by atoms with Crippen LogP contribution in [0.3, 0.4) is 0 Å². The molecule has 18 heavy (non-hydrogen) atoms. The first-order valence-corrected chi connectivity index (χ1v) is 7.14. The van der Waals surface area contributed by atoms with Crippen molar-refractivity contribution in [3.8, 4) is 0 Å². The summed E-state index contributed by atoms with van der Waals surface area (Å²) in [4.78, 5) is 13.8. The SMILES string of the molecule is O=C1CC2CCC(C1)N2c1c(Cl)cc(Cl)cc1Cl. The maximum absolute atomic E-state index is 11.6. The second-order valence-corrected chi connectivity index (χ2v) is 6.21. The number of nitrogens with zero attached hydrogens (tertiary/aromatic N) is 1. The first kappa shape index (κ1) is 12.6. The number of anilines is 1. The highest BCUT2D eigenvalue weighted by Gasteiger charge is 2.41. The molecule has 0 aromatic heterocycles. The van der Waals surface area contributed by atoms with Gasteiger partial charge in [-0.1, -0.05) is 34.8 Å². The molecule has 5 heteroatoms. The van der Waals surface area contributed by atoms with Gasteiger partial charge in [-0.05, 0) is 25.0 Å². The minimum Gasteiger partial charge on any atom is -0.362 e. The number of piperidine rings is 1. The van der Waals surface area contributed by atoms with Crippen molar-refractivity contribution in [2.24, 2.45) is 0 Å². The molecule has 96 valence electrons. The van der Waals surface area contributed by atoms with Gasteiger partial charge in [-0.3, -0.25) is 4.79 Å². The Labute approximate surface area is 121 Å². The summed E-state index contributed by atoms with van der Waals surface area (Å²) in [5, 5.41) is 1.67. The standard InChI is InChI=1S/C13H12Cl3NO/c14-7-3-11(15)13(12(16)4-7)17-8-1-2-9(17)6-10(18)5-8/h3-4,8-9H,1-2,5-6H2. The lowest BCUT2D eigenvalue weighted by Gasteiger charge is -2.37. The van der Waals surface area contributed by atoms with Crippen LogP contribution in [0, 0.1) is 0 Å². The number of benzene rings is 1. The number of carbonyl (C=O) groups is 1. The number of hydrogen-bond donors (Lipinski definition) is 0. The first-order valence-electron chi connectivity index (χ1n) is 6.01. The van der Waals surface area contributed by atoms with Gasteiger partial charge in [-0.15, -0.1) is 0 Å². The summed E-state index contributed by atoms with van der Waals surface area (Å²) in [7, 11) is 0. The third kappa shape index (κ3) is 2.01. The van der Waals surface area contributed by atoms with Gasteiger partial charge < -0.3 is 4.90 Å². The molecule has 0 spiro atoms. The molecule has 2 aliphatic rings. The molecule has 0 aliphatic carbocycles. The molecule has 2 aliphatic heterocycles. The van der Waals surface area contributed by atoms with Crippen LogP contribution in [0.25, 0.3) is 0 Å². The molecule has 0 amide bonds. The van der Waals surface area contributed by atoms with E-state index in [4.69, 9.17) is 34.8 Å². The molecule has 0 radical (unpaired) electrons. The lowest BCUT2D eigenvalue weighted by molar-refractivity contribution is -0.120. The number of halogens is 3. The van der Waals surface area contributed by atoms with E-state index in [1.54, 1.807) is 12.1 Å². The molecule has 2 fully saturated rings. The zero-order chi connectivity index (χ0) is 12.9. The average molecular weight is 305 g/mol. The van der Waals surface area contributed by atoms with Gasteiger partial charge in [0.2, 0.25) is 0 Å². The van der Waals surface area contributed by atoms with Crippen LogP contribution >= 0.6 is 34.8 Å². The van der Waals surface area contributed by atoms with Gasteiger partial charge in [0.15, 0.2) is 0 Å².